The lowest BCUT2D eigenvalue weighted by Gasteiger charge is -2.16. The van der Waals surface area contributed by atoms with E-state index >= 15 is 0 Å². The van der Waals surface area contributed by atoms with E-state index < -0.39 is 0 Å². The third kappa shape index (κ3) is 5.30. The molecule has 0 spiro atoms. The molecule has 0 aliphatic rings. The largest absolute Gasteiger partial charge is 0.375 e. The number of carbonyl (C=O) groups excluding carboxylic acids is 1. The van der Waals surface area contributed by atoms with Gasteiger partial charge in [-0.05, 0) is 20.8 Å². The molecule has 12 heavy (non-hydrogen) atoms. The van der Waals surface area contributed by atoms with Gasteiger partial charge in [0, 0.05) is 12.3 Å². The molecule has 0 rings (SSSR count). The second kappa shape index (κ2) is 5.31. The van der Waals surface area contributed by atoms with Gasteiger partial charge in [0.15, 0.2) is 0 Å². The van der Waals surface area contributed by atoms with E-state index in [4.69, 9.17) is 4.74 Å². The molecule has 0 radical (unpaired) electrons. The second-order valence-corrected chi connectivity index (χ2v) is 3.82. The lowest BCUT2D eigenvalue weighted by molar-refractivity contribution is -0.125. The first-order chi connectivity index (χ1) is 5.43. The molecule has 0 amide bonds. The van der Waals surface area contributed by atoms with Crippen LogP contribution in [0.1, 0.15) is 41.0 Å². The normalized spacial score (nSPS) is 13.9. The molecule has 2 heteroatoms. The van der Waals surface area contributed by atoms with Crippen molar-refractivity contribution in [1.82, 2.24) is 0 Å². The fourth-order valence-electron chi connectivity index (χ4n) is 1.03. The zero-order valence-corrected chi connectivity index (χ0v) is 8.76. The van der Waals surface area contributed by atoms with Gasteiger partial charge < -0.3 is 4.74 Å². The summed E-state index contributed by atoms with van der Waals surface area (Å²) >= 11 is 0. The number of Topliss-reactive ketones (excluding diaryl/α,β-unsaturated/α-hetero) is 1. The van der Waals surface area contributed by atoms with Gasteiger partial charge in [0.2, 0.25) is 0 Å². The van der Waals surface area contributed by atoms with Gasteiger partial charge in [0.05, 0.1) is 12.2 Å². The molecule has 0 aromatic rings. The number of ether oxygens (including phenoxy) is 1. The van der Waals surface area contributed by atoms with Crippen molar-refractivity contribution in [3.8, 4) is 0 Å². The number of ketones is 1. The monoisotopic (exact) mass is 172 g/mol. The molecule has 2 nitrogen and oxygen atoms in total. The molecule has 0 unspecified atom stereocenters. The van der Waals surface area contributed by atoms with E-state index in [0.717, 1.165) is 0 Å². The van der Waals surface area contributed by atoms with Crippen LogP contribution in [0.3, 0.4) is 0 Å². The Kier molecular flexibility index (Phi) is 5.14. The molecule has 1 atom stereocenters. The van der Waals surface area contributed by atoms with Gasteiger partial charge in [-0.3, -0.25) is 4.79 Å². The fraction of sp³-hybridized carbons (Fsp3) is 0.900. The molecular formula is C10H20O2. The summed E-state index contributed by atoms with van der Waals surface area (Å²) in [6.45, 7) is 9.75. The van der Waals surface area contributed by atoms with Gasteiger partial charge in [0.1, 0.15) is 5.78 Å². The van der Waals surface area contributed by atoms with Crippen LogP contribution in [-0.4, -0.2) is 18.0 Å². The van der Waals surface area contributed by atoms with Crippen LogP contribution in [0.25, 0.3) is 0 Å². The van der Waals surface area contributed by atoms with Crippen molar-refractivity contribution in [2.45, 2.75) is 53.2 Å². The van der Waals surface area contributed by atoms with Crippen LogP contribution in [0.15, 0.2) is 0 Å². The lowest BCUT2D eigenvalue weighted by Crippen LogP contribution is -2.20. The SMILES string of the molecule is CC(C)O[C@@H](C)CC(=O)C(C)C. The highest BCUT2D eigenvalue weighted by Crippen LogP contribution is 2.07. The summed E-state index contributed by atoms with van der Waals surface area (Å²) < 4.78 is 5.45. The summed E-state index contributed by atoms with van der Waals surface area (Å²) in [6.07, 6.45) is 0.801. The highest BCUT2D eigenvalue weighted by molar-refractivity contribution is 5.80. The lowest BCUT2D eigenvalue weighted by atomic mass is 10.0. The Bertz CT molecular complexity index is 139. The molecular weight excluding hydrogens is 152 g/mol. The average molecular weight is 172 g/mol. The van der Waals surface area contributed by atoms with Crippen molar-refractivity contribution in [3.05, 3.63) is 0 Å². The first-order valence-electron chi connectivity index (χ1n) is 4.61. The molecule has 0 aliphatic heterocycles. The minimum atomic E-state index is 0.0555. The van der Waals surface area contributed by atoms with E-state index in [9.17, 15) is 4.79 Å². The van der Waals surface area contributed by atoms with Gasteiger partial charge in [-0.15, -0.1) is 0 Å². The third-order valence-electron chi connectivity index (χ3n) is 1.64. The van der Waals surface area contributed by atoms with Crippen LogP contribution < -0.4 is 0 Å². The van der Waals surface area contributed by atoms with E-state index in [0.29, 0.717) is 6.42 Å². The first kappa shape index (κ1) is 11.6. The van der Waals surface area contributed by atoms with E-state index in [1.54, 1.807) is 0 Å². The Morgan fingerprint density at radius 2 is 1.67 bits per heavy atom. The van der Waals surface area contributed by atoms with E-state index in [2.05, 4.69) is 0 Å². The number of rotatable bonds is 5. The van der Waals surface area contributed by atoms with Gasteiger partial charge >= 0.3 is 0 Å². The van der Waals surface area contributed by atoms with Crippen LogP contribution in [0.5, 0.6) is 0 Å². The Morgan fingerprint density at radius 3 is 2.00 bits per heavy atom. The Morgan fingerprint density at radius 1 is 1.17 bits per heavy atom. The van der Waals surface area contributed by atoms with E-state index in [1.807, 2.05) is 34.6 Å². The van der Waals surface area contributed by atoms with E-state index in [1.165, 1.54) is 0 Å². The Balaban J connectivity index is 3.69. The molecule has 0 bridgehead atoms. The predicted molar refractivity (Wildman–Crippen MR) is 50.1 cm³/mol. The average Bonchev–Trinajstić information content (AvgIpc) is 1.84. The van der Waals surface area contributed by atoms with Crippen LogP contribution >= 0.6 is 0 Å². The van der Waals surface area contributed by atoms with Crippen LogP contribution in [0, 0.1) is 5.92 Å². The van der Waals surface area contributed by atoms with Crippen molar-refractivity contribution in [2.75, 3.05) is 0 Å². The summed E-state index contributed by atoms with van der Waals surface area (Å²) in [5.41, 5.74) is 0. The molecule has 0 aromatic carbocycles. The van der Waals surface area contributed by atoms with Gasteiger partial charge in [-0.1, -0.05) is 13.8 Å². The molecule has 0 N–H and O–H groups in total. The zero-order valence-electron chi connectivity index (χ0n) is 8.76. The number of hydrogen-bond donors (Lipinski definition) is 0. The van der Waals surface area contributed by atoms with Crippen molar-refractivity contribution in [3.63, 3.8) is 0 Å². The molecule has 0 heterocycles. The topological polar surface area (TPSA) is 26.3 Å². The van der Waals surface area contributed by atoms with Gasteiger partial charge in [-0.25, -0.2) is 0 Å². The van der Waals surface area contributed by atoms with Crippen LogP contribution in [0.2, 0.25) is 0 Å². The van der Waals surface area contributed by atoms with Crippen LogP contribution in [0.4, 0.5) is 0 Å². The minimum absolute atomic E-state index is 0.0555. The third-order valence-corrected chi connectivity index (χ3v) is 1.64. The van der Waals surface area contributed by atoms with Crippen molar-refractivity contribution < 1.29 is 9.53 Å². The maximum absolute atomic E-state index is 11.3. The van der Waals surface area contributed by atoms with Gasteiger partial charge in [0.25, 0.3) is 0 Å². The maximum atomic E-state index is 11.3. The summed E-state index contributed by atoms with van der Waals surface area (Å²) in [4.78, 5) is 11.3. The van der Waals surface area contributed by atoms with Crippen molar-refractivity contribution in [1.29, 1.82) is 0 Å². The molecule has 0 aromatic heterocycles. The van der Waals surface area contributed by atoms with Crippen molar-refractivity contribution >= 4 is 5.78 Å². The smallest absolute Gasteiger partial charge is 0.137 e. The summed E-state index contributed by atoms with van der Waals surface area (Å²) in [5, 5.41) is 0. The van der Waals surface area contributed by atoms with Gasteiger partial charge in [-0.2, -0.15) is 0 Å². The summed E-state index contributed by atoms with van der Waals surface area (Å²) in [7, 11) is 0. The van der Waals surface area contributed by atoms with E-state index in [-0.39, 0.29) is 23.9 Å². The number of hydrogen-bond acceptors (Lipinski definition) is 2. The highest BCUT2D eigenvalue weighted by atomic mass is 16.5. The second-order valence-electron chi connectivity index (χ2n) is 3.82. The molecule has 0 saturated carbocycles. The predicted octanol–water partition coefficient (Wildman–Crippen LogP) is 2.42. The summed E-state index contributed by atoms with van der Waals surface area (Å²) in [5.74, 6) is 0.409. The highest BCUT2D eigenvalue weighted by Gasteiger charge is 2.13. The molecule has 0 aliphatic carbocycles. The Labute approximate surface area is 75.3 Å². The standard InChI is InChI=1S/C10H20O2/c1-7(2)10(11)6-9(5)12-8(3)4/h7-9H,6H2,1-5H3/t9-/m0/s1. The van der Waals surface area contributed by atoms with Crippen LogP contribution in [-0.2, 0) is 9.53 Å². The first-order valence-corrected chi connectivity index (χ1v) is 4.61. The zero-order chi connectivity index (χ0) is 9.72. The van der Waals surface area contributed by atoms with Crippen molar-refractivity contribution in [2.24, 2.45) is 5.92 Å². The fourth-order valence-corrected chi connectivity index (χ4v) is 1.03. The molecule has 0 fully saturated rings. The molecule has 0 saturated heterocycles. The summed E-state index contributed by atoms with van der Waals surface area (Å²) in [6, 6.07) is 0. The Hall–Kier alpha value is -0.370. The minimum Gasteiger partial charge on any atom is -0.375 e. The quantitative estimate of drug-likeness (QED) is 0.636. The number of carbonyl (C=O) groups is 1. The maximum Gasteiger partial charge on any atom is 0.137 e. The molecule has 72 valence electrons.